The smallest absolute Gasteiger partial charge is 0.0349 e. The van der Waals surface area contributed by atoms with Crippen molar-refractivity contribution in [3.63, 3.8) is 0 Å². The van der Waals surface area contributed by atoms with Crippen LogP contribution in [-0.2, 0) is 6.42 Å². The topological polar surface area (TPSA) is 26.0 Å². The molecule has 0 saturated carbocycles. The van der Waals surface area contributed by atoms with Crippen molar-refractivity contribution < 1.29 is 0 Å². The third kappa shape index (κ3) is 2.68. The SMILES string of the molecule is CCCc1cccc(-c2ccc(C)c(N)c2)c1. The van der Waals surface area contributed by atoms with Crippen LogP contribution in [0.2, 0.25) is 0 Å². The molecule has 0 atom stereocenters. The van der Waals surface area contributed by atoms with Gasteiger partial charge >= 0.3 is 0 Å². The molecule has 17 heavy (non-hydrogen) atoms. The van der Waals surface area contributed by atoms with Crippen molar-refractivity contribution in [3.05, 3.63) is 53.6 Å². The van der Waals surface area contributed by atoms with Gasteiger partial charge in [-0.25, -0.2) is 0 Å². The maximum atomic E-state index is 5.95. The van der Waals surface area contributed by atoms with Gasteiger partial charge in [-0.15, -0.1) is 0 Å². The fourth-order valence-electron chi connectivity index (χ4n) is 2.02. The zero-order chi connectivity index (χ0) is 12.3. The van der Waals surface area contributed by atoms with Crippen molar-refractivity contribution in [1.29, 1.82) is 0 Å². The molecule has 0 aliphatic rings. The predicted octanol–water partition coefficient (Wildman–Crippen LogP) is 4.20. The lowest BCUT2D eigenvalue weighted by molar-refractivity contribution is 0.922. The highest BCUT2D eigenvalue weighted by atomic mass is 14.5. The Hall–Kier alpha value is -1.76. The van der Waals surface area contributed by atoms with E-state index in [1.165, 1.54) is 23.1 Å². The average molecular weight is 225 g/mol. The van der Waals surface area contributed by atoms with Crippen molar-refractivity contribution in [2.75, 3.05) is 5.73 Å². The molecule has 0 aliphatic carbocycles. The second-order valence-electron chi connectivity index (χ2n) is 4.52. The van der Waals surface area contributed by atoms with Crippen LogP contribution in [0.4, 0.5) is 5.69 Å². The molecule has 0 amide bonds. The van der Waals surface area contributed by atoms with Crippen molar-refractivity contribution in [2.45, 2.75) is 26.7 Å². The summed E-state index contributed by atoms with van der Waals surface area (Å²) in [6.45, 7) is 4.24. The van der Waals surface area contributed by atoms with Gasteiger partial charge in [0, 0.05) is 5.69 Å². The second-order valence-corrected chi connectivity index (χ2v) is 4.52. The summed E-state index contributed by atoms with van der Waals surface area (Å²) in [5.41, 5.74) is 11.8. The average Bonchev–Trinajstić information content (AvgIpc) is 2.33. The van der Waals surface area contributed by atoms with Gasteiger partial charge in [-0.3, -0.25) is 0 Å². The lowest BCUT2D eigenvalue weighted by atomic mass is 9.99. The zero-order valence-corrected chi connectivity index (χ0v) is 10.5. The van der Waals surface area contributed by atoms with Gasteiger partial charge in [-0.05, 0) is 41.7 Å². The van der Waals surface area contributed by atoms with Gasteiger partial charge in [-0.1, -0.05) is 49.7 Å². The van der Waals surface area contributed by atoms with E-state index < -0.39 is 0 Å². The van der Waals surface area contributed by atoms with Gasteiger partial charge in [0.25, 0.3) is 0 Å². The Kier molecular flexibility index (Phi) is 3.48. The van der Waals surface area contributed by atoms with Crippen LogP contribution in [0.15, 0.2) is 42.5 Å². The maximum Gasteiger partial charge on any atom is 0.0349 e. The first-order valence-corrected chi connectivity index (χ1v) is 6.16. The molecule has 0 spiro atoms. The van der Waals surface area contributed by atoms with Gasteiger partial charge in [-0.2, -0.15) is 0 Å². The Balaban J connectivity index is 2.38. The lowest BCUT2D eigenvalue weighted by Gasteiger charge is -2.07. The van der Waals surface area contributed by atoms with Crippen LogP contribution < -0.4 is 5.73 Å². The monoisotopic (exact) mass is 225 g/mol. The minimum Gasteiger partial charge on any atom is -0.398 e. The quantitative estimate of drug-likeness (QED) is 0.778. The molecule has 2 aromatic carbocycles. The van der Waals surface area contributed by atoms with Crippen LogP contribution in [0, 0.1) is 6.92 Å². The summed E-state index contributed by atoms with van der Waals surface area (Å²) in [6, 6.07) is 15.0. The molecule has 0 aliphatic heterocycles. The summed E-state index contributed by atoms with van der Waals surface area (Å²) in [5.74, 6) is 0. The zero-order valence-electron chi connectivity index (χ0n) is 10.5. The fourth-order valence-corrected chi connectivity index (χ4v) is 2.02. The molecule has 0 saturated heterocycles. The third-order valence-corrected chi connectivity index (χ3v) is 3.08. The molecule has 1 nitrogen and oxygen atoms in total. The highest BCUT2D eigenvalue weighted by Crippen LogP contribution is 2.24. The number of hydrogen-bond donors (Lipinski definition) is 1. The van der Waals surface area contributed by atoms with Crippen LogP contribution in [0.1, 0.15) is 24.5 Å². The van der Waals surface area contributed by atoms with Gasteiger partial charge in [0.05, 0.1) is 0 Å². The van der Waals surface area contributed by atoms with E-state index in [2.05, 4.69) is 49.4 Å². The Morgan fingerprint density at radius 2 is 1.76 bits per heavy atom. The van der Waals surface area contributed by atoms with Gasteiger partial charge in [0.1, 0.15) is 0 Å². The van der Waals surface area contributed by atoms with Gasteiger partial charge in [0.2, 0.25) is 0 Å². The minimum atomic E-state index is 0.864. The van der Waals surface area contributed by atoms with E-state index in [9.17, 15) is 0 Å². The third-order valence-electron chi connectivity index (χ3n) is 3.08. The number of rotatable bonds is 3. The summed E-state index contributed by atoms with van der Waals surface area (Å²) >= 11 is 0. The van der Waals surface area contributed by atoms with Gasteiger partial charge < -0.3 is 5.73 Å². The first-order chi connectivity index (χ1) is 8.20. The molecule has 88 valence electrons. The van der Waals surface area contributed by atoms with Gasteiger partial charge in [0.15, 0.2) is 0 Å². The Labute approximate surface area is 103 Å². The Morgan fingerprint density at radius 1 is 1.00 bits per heavy atom. The number of nitrogen functional groups attached to an aromatic ring is 1. The molecule has 2 rings (SSSR count). The fraction of sp³-hybridized carbons (Fsp3) is 0.250. The summed E-state index contributed by atoms with van der Waals surface area (Å²) in [6.07, 6.45) is 2.31. The van der Waals surface area contributed by atoms with Crippen molar-refractivity contribution >= 4 is 5.69 Å². The molecular weight excluding hydrogens is 206 g/mol. The number of hydrogen-bond acceptors (Lipinski definition) is 1. The van der Waals surface area contributed by atoms with Crippen LogP contribution in [-0.4, -0.2) is 0 Å². The number of benzene rings is 2. The molecule has 0 unspecified atom stereocenters. The first kappa shape index (κ1) is 11.7. The van der Waals surface area contributed by atoms with E-state index in [0.717, 1.165) is 17.7 Å². The summed E-state index contributed by atoms with van der Waals surface area (Å²) in [4.78, 5) is 0. The molecule has 1 heteroatoms. The van der Waals surface area contributed by atoms with E-state index in [1.807, 2.05) is 6.92 Å². The van der Waals surface area contributed by atoms with E-state index in [1.54, 1.807) is 0 Å². The predicted molar refractivity (Wildman–Crippen MR) is 75.0 cm³/mol. The molecule has 0 radical (unpaired) electrons. The molecule has 0 bridgehead atoms. The van der Waals surface area contributed by atoms with E-state index in [-0.39, 0.29) is 0 Å². The molecule has 0 aromatic heterocycles. The second kappa shape index (κ2) is 5.05. The van der Waals surface area contributed by atoms with Crippen LogP contribution in [0.5, 0.6) is 0 Å². The van der Waals surface area contributed by atoms with Crippen molar-refractivity contribution in [2.24, 2.45) is 0 Å². The van der Waals surface area contributed by atoms with Crippen LogP contribution in [0.25, 0.3) is 11.1 Å². The molecule has 0 fully saturated rings. The molecular formula is C16H19N. The van der Waals surface area contributed by atoms with Crippen molar-refractivity contribution in [3.8, 4) is 11.1 Å². The lowest BCUT2D eigenvalue weighted by Crippen LogP contribution is -1.90. The van der Waals surface area contributed by atoms with E-state index >= 15 is 0 Å². The van der Waals surface area contributed by atoms with Crippen molar-refractivity contribution in [1.82, 2.24) is 0 Å². The molecule has 2 aromatic rings. The first-order valence-electron chi connectivity index (χ1n) is 6.16. The number of aryl methyl sites for hydroxylation is 2. The van der Waals surface area contributed by atoms with Crippen LogP contribution in [0.3, 0.4) is 0 Å². The van der Waals surface area contributed by atoms with E-state index in [4.69, 9.17) is 5.73 Å². The summed E-state index contributed by atoms with van der Waals surface area (Å²) in [7, 11) is 0. The normalized spacial score (nSPS) is 10.5. The Bertz CT molecular complexity index is 515. The van der Waals surface area contributed by atoms with Crippen LogP contribution >= 0.6 is 0 Å². The maximum absolute atomic E-state index is 5.95. The standard InChI is InChI=1S/C16H19N/c1-3-5-13-6-4-7-14(10-13)15-9-8-12(2)16(17)11-15/h4,6-11H,3,5,17H2,1-2H3. The highest BCUT2D eigenvalue weighted by molar-refractivity contribution is 5.69. The summed E-state index contributed by atoms with van der Waals surface area (Å²) < 4.78 is 0. The molecule has 0 heterocycles. The number of nitrogens with two attached hydrogens (primary N) is 1. The Morgan fingerprint density at radius 3 is 2.47 bits per heavy atom. The largest absolute Gasteiger partial charge is 0.398 e. The summed E-state index contributed by atoms with van der Waals surface area (Å²) in [5, 5.41) is 0. The highest BCUT2D eigenvalue weighted by Gasteiger charge is 2.01. The number of anilines is 1. The van der Waals surface area contributed by atoms with E-state index in [0.29, 0.717) is 0 Å². The molecule has 2 N–H and O–H groups in total. The minimum absolute atomic E-state index is 0.864.